The first-order chi connectivity index (χ1) is 9.17. The number of hydrogen-bond acceptors (Lipinski definition) is 6. The van der Waals surface area contributed by atoms with Crippen LogP contribution in [0.15, 0.2) is 10.4 Å². The maximum atomic E-state index is 11.3. The molecule has 1 aromatic rings. The average molecular weight is 353 g/mol. The Hall–Kier alpha value is -0.323. The van der Waals surface area contributed by atoms with E-state index in [0.717, 1.165) is 17.5 Å². The molecule has 0 aliphatic carbocycles. The molecule has 122 valence electrons. The van der Waals surface area contributed by atoms with Crippen molar-refractivity contribution in [2.24, 2.45) is 5.14 Å². The van der Waals surface area contributed by atoms with Gasteiger partial charge in [0.15, 0.2) is 12.5 Å². The highest BCUT2D eigenvalue weighted by molar-refractivity contribution is 7.91. The van der Waals surface area contributed by atoms with Gasteiger partial charge in [0.05, 0.1) is 12.8 Å². The van der Waals surface area contributed by atoms with Crippen LogP contribution >= 0.6 is 11.3 Å². The van der Waals surface area contributed by atoms with E-state index in [1.54, 1.807) is 6.92 Å². The summed E-state index contributed by atoms with van der Waals surface area (Å²) in [6, 6.07) is 0. The highest BCUT2D eigenvalue weighted by atomic mass is 32.2. The molecule has 0 spiro atoms. The van der Waals surface area contributed by atoms with Crippen molar-refractivity contribution in [3.8, 4) is 0 Å². The minimum Gasteiger partial charge on any atom is -0.413 e. The third-order valence-electron chi connectivity index (χ3n) is 3.75. The lowest BCUT2D eigenvalue weighted by Gasteiger charge is -2.38. The molecule has 0 fully saturated rings. The Morgan fingerprint density at radius 3 is 2.29 bits per heavy atom. The number of sulfonamides is 1. The number of primary sulfonamides is 1. The van der Waals surface area contributed by atoms with Gasteiger partial charge in [-0.25, -0.2) is 18.5 Å². The molecule has 0 aliphatic heterocycles. The zero-order valence-electron chi connectivity index (χ0n) is 13.3. The molecule has 0 radical (unpaired) electrons. The maximum Gasteiger partial charge on any atom is 0.249 e. The lowest BCUT2D eigenvalue weighted by Crippen LogP contribution is -2.44. The zero-order chi connectivity index (χ0) is 16.7. The molecule has 0 saturated heterocycles. The van der Waals surface area contributed by atoms with Crippen LogP contribution in [0.25, 0.3) is 0 Å². The first kappa shape index (κ1) is 18.7. The molecule has 1 atom stereocenters. The predicted octanol–water partition coefficient (Wildman–Crippen LogP) is 2.02. The first-order valence-electron chi connectivity index (χ1n) is 6.52. The fraction of sp³-hybridized carbons (Fsp3) is 0.750. The molecule has 1 heterocycles. The number of thiazole rings is 1. The summed E-state index contributed by atoms with van der Waals surface area (Å²) in [6.45, 7) is 12.1. The minimum absolute atomic E-state index is 0.0255. The van der Waals surface area contributed by atoms with Gasteiger partial charge >= 0.3 is 0 Å². The number of nitrogens with two attached hydrogens (primary N) is 1. The maximum absolute atomic E-state index is 11.3. The number of hydrogen-bond donors (Lipinski definition) is 2. The van der Waals surface area contributed by atoms with Gasteiger partial charge in [0, 0.05) is 0 Å². The molecule has 0 aromatic carbocycles. The molecule has 1 rings (SSSR count). The molecule has 6 nitrogen and oxygen atoms in total. The van der Waals surface area contributed by atoms with Gasteiger partial charge in [0.2, 0.25) is 10.0 Å². The Morgan fingerprint density at radius 1 is 1.38 bits per heavy atom. The highest BCUT2D eigenvalue weighted by Crippen LogP contribution is 2.38. The summed E-state index contributed by atoms with van der Waals surface area (Å²) in [5, 5.41) is 15.9. The summed E-state index contributed by atoms with van der Waals surface area (Å²) < 4.78 is 28.4. The van der Waals surface area contributed by atoms with Crippen LogP contribution in [0.1, 0.15) is 32.7 Å². The number of aromatic nitrogens is 1. The van der Waals surface area contributed by atoms with Crippen molar-refractivity contribution in [3.05, 3.63) is 11.2 Å². The number of aliphatic hydroxyl groups is 1. The zero-order valence-corrected chi connectivity index (χ0v) is 15.9. The van der Waals surface area contributed by atoms with E-state index in [2.05, 4.69) is 38.8 Å². The number of nitrogens with zero attached hydrogens (tertiary/aromatic N) is 1. The summed E-state index contributed by atoms with van der Waals surface area (Å²) in [6.07, 6.45) is 1.16. The lowest BCUT2D eigenvalue weighted by molar-refractivity contribution is 0.00244. The van der Waals surface area contributed by atoms with Gasteiger partial charge in [-0.2, -0.15) is 0 Å². The van der Waals surface area contributed by atoms with Gasteiger partial charge in [-0.1, -0.05) is 20.8 Å². The summed E-state index contributed by atoms with van der Waals surface area (Å²) in [7, 11) is -5.80. The summed E-state index contributed by atoms with van der Waals surface area (Å²) in [5.74, 6) is 0. The molecule has 9 heteroatoms. The Bertz CT molecular complexity index is 603. The molecule has 1 aromatic heterocycles. The Labute approximate surface area is 131 Å². The van der Waals surface area contributed by atoms with Crippen LogP contribution in [0, 0.1) is 0 Å². The van der Waals surface area contributed by atoms with Crippen molar-refractivity contribution in [2.75, 3.05) is 6.61 Å². The minimum atomic E-state index is -3.80. The van der Waals surface area contributed by atoms with Crippen LogP contribution in [-0.4, -0.2) is 33.4 Å². The molecular formula is C12H24N2O4S2Si. The van der Waals surface area contributed by atoms with E-state index in [1.165, 1.54) is 0 Å². The van der Waals surface area contributed by atoms with E-state index in [4.69, 9.17) is 9.56 Å². The van der Waals surface area contributed by atoms with E-state index in [1.807, 2.05) is 0 Å². The van der Waals surface area contributed by atoms with Crippen molar-refractivity contribution >= 4 is 29.7 Å². The topological polar surface area (TPSA) is 103 Å². The van der Waals surface area contributed by atoms with Crippen molar-refractivity contribution in [1.82, 2.24) is 4.98 Å². The smallest absolute Gasteiger partial charge is 0.249 e. The second-order valence-electron chi connectivity index (χ2n) is 6.85. The van der Waals surface area contributed by atoms with Crippen molar-refractivity contribution in [2.45, 2.75) is 55.6 Å². The highest BCUT2D eigenvalue weighted by Gasteiger charge is 2.40. The fourth-order valence-corrected chi connectivity index (χ4v) is 3.90. The van der Waals surface area contributed by atoms with Crippen LogP contribution in [0.2, 0.25) is 18.1 Å². The third kappa shape index (κ3) is 4.57. The van der Waals surface area contributed by atoms with Crippen LogP contribution in [0.5, 0.6) is 0 Å². The van der Waals surface area contributed by atoms with Gasteiger partial charge in [-0.05, 0) is 25.1 Å². The second-order valence-corrected chi connectivity index (χ2v) is 14.5. The molecule has 21 heavy (non-hydrogen) atoms. The van der Waals surface area contributed by atoms with E-state index in [-0.39, 0.29) is 20.9 Å². The van der Waals surface area contributed by atoms with Crippen LogP contribution in [0.4, 0.5) is 0 Å². The molecule has 0 aliphatic rings. The van der Waals surface area contributed by atoms with Gasteiger partial charge in [0.1, 0.15) is 10.6 Å². The average Bonchev–Trinajstić information content (AvgIpc) is 2.74. The van der Waals surface area contributed by atoms with Gasteiger partial charge in [-0.3, -0.25) is 0 Å². The van der Waals surface area contributed by atoms with E-state index < -0.39 is 23.9 Å². The number of rotatable bonds is 5. The molecule has 1 unspecified atom stereocenters. The summed E-state index contributed by atoms with van der Waals surface area (Å²) in [4.78, 5) is 3.96. The lowest BCUT2D eigenvalue weighted by atomic mass is 10.1. The molecule has 0 bridgehead atoms. The normalized spacial score (nSPS) is 16.8. The SMILES string of the molecule is CC(O)(CO[Si](C)(C)C(C)(C)C)c1ncc(S(N)(=O)=O)s1. The van der Waals surface area contributed by atoms with Crippen LogP contribution in [0.3, 0.4) is 0 Å². The quantitative estimate of drug-likeness (QED) is 0.789. The van der Waals surface area contributed by atoms with Gasteiger partial charge in [-0.15, -0.1) is 11.3 Å². The summed E-state index contributed by atoms with van der Waals surface area (Å²) >= 11 is 0.866. The first-order valence-corrected chi connectivity index (χ1v) is 11.8. The Morgan fingerprint density at radius 2 is 1.90 bits per heavy atom. The van der Waals surface area contributed by atoms with Crippen molar-refractivity contribution in [1.29, 1.82) is 0 Å². The summed E-state index contributed by atoms with van der Waals surface area (Å²) in [5.41, 5.74) is -1.34. The Balaban J connectivity index is 2.90. The van der Waals surface area contributed by atoms with Gasteiger partial charge < -0.3 is 9.53 Å². The monoisotopic (exact) mass is 352 g/mol. The predicted molar refractivity (Wildman–Crippen MR) is 86.2 cm³/mol. The molecular weight excluding hydrogens is 328 g/mol. The van der Waals surface area contributed by atoms with Crippen LogP contribution in [-0.2, 0) is 20.1 Å². The second kappa shape index (κ2) is 5.71. The van der Waals surface area contributed by atoms with E-state index >= 15 is 0 Å². The third-order valence-corrected chi connectivity index (χ3v) is 10.9. The Kier molecular flexibility index (Phi) is 5.09. The molecule has 0 amide bonds. The molecule has 0 saturated carbocycles. The van der Waals surface area contributed by atoms with Gasteiger partial charge in [0.25, 0.3) is 0 Å². The fourth-order valence-electron chi connectivity index (χ4n) is 1.24. The van der Waals surface area contributed by atoms with Crippen molar-refractivity contribution in [3.63, 3.8) is 0 Å². The van der Waals surface area contributed by atoms with Crippen molar-refractivity contribution < 1.29 is 18.0 Å². The largest absolute Gasteiger partial charge is 0.413 e. The van der Waals surface area contributed by atoms with E-state index in [9.17, 15) is 13.5 Å². The molecule has 3 N–H and O–H groups in total. The van der Waals surface area contributed by atoms with E-state index in [0.29, 0.717) is 0 Å². The standard InChI is InChI=1S/C12H24N2O4S2Si/c1-11(2,3)21(5,6)18-8-12(4,15)10-14-7-9(19-10)20(13,16)17/h7,15H,8H2,1-6H3,(H2,13,16,17). The van der Waals surface area contributed by atoms with Crippen LogP contribution < -0.4 is 5.14 Å².